The van der Waals surface area contributed by atoms with Crippen LogP contribution in [0.25, 0.3) is 0 Å². The van der Waals surface area contributed by atoms with Gasteiger partial charge in [-0.15, -0.1) is 0 Å². The zero-order valence-electron chi connectivity index (χ0n) is 12.2. The Morgan fingerprint density at radius 2 is 2.25 bits per heavy atom. The number of nitrogens with zero attached hydrogens (tertiary/aromatic N) is 1. The number of nitrogens with one attached hydrogen (secondary N) is 1. The highest BCUT2D eigenvalue weighted by atomic mass is 19.1. The Kier molecular flexibility index (Phi) is 4.28. The average molecular weight is 279 g/mol. The lowest BCUT2D eigenvalue weighted by Crippen LogP contribution is -2.55. The molecular formula is C15H22FN3O. The van der Waals surface area contributed by atoms with Gasteiger partial charge in [-0.05, 0) is 43.5 Å². The van der Waals surface area contributed by atoms with Crippen LogP contribution in [0.15, 0.2) is 12.1 Å². The van der Waals surface area contributed by atoms with Gasteiger partial charge < -0.3 is 16.0 Å². The van der Waals surface area contributed by atoms with Crippen LogP contribution in [0.3, 0.4) is 0 Å². The van der Waals surface area contributed by atoms with Crippen LogP contribution < -0.4 is 16.0 Å². The summed E-state index contributed by atoms with van der Waals surface area (Å²) in [5, 5.41) is 2.87. The van der Waals surface area contributed by atoms with Gasteiger partial charge in [-0.25, -0.2) is 4.39 Å². The molecule has 1 amide bonds. The molecule has 0 saturated carbocycles. The lowest BCUT2D eigenvalue weighted by atomic mass is 9.99. The van der Waals surface area contributed by atoms with Gasteiger partial charge in [0, 0.05) is 24.8 Å². The first-order chi connectivity index (χ1) is 9.45. The van der Waals surface area contributed by atoms with Crippen molar-refractivity contribution in [1.29, 1.82) is 0 Å². The monoisotopic (exact) mass is 279 g/mol. The standard InChI is InChI=1S/C15H22FN3O/c1-4-13-15(20)18-5-6-19(13)14-7-9(2)12(16)8-11(14)10(3)17/h7-8,10,13H,4-6,17H2,1-3H3,(H,18,20)/t10-,13?/m1/s1. The summed E-state index contributed by atoms with van der Waals surface area (Å²) in [6.45, 7) is 6.86. The molecule has 0 bridgehead atoms. The van der Waals surface area contributed by atoms with Gasteiger partial charge in [-0.2, -0.15) is 0 Å². The molecule has 0 aromatic heterocycles. The Morgan fingerprint density at radius 1 is 1.55 bits per heavy atom. The summed E-state index contributed by atoms with van der Waals surface area (Å²) in [4.78, 5) is 14.0. The van der Waals surface area contributed by atoms with E-state index in [9.17, 15) is 9.18 Å². The lowest BCUT2D eigenvalue weighted by molar-refractivity contribution is -0.123. The molecule has 3 N–H and O–H groups in total. The maximum atomic E-state index is 13.8. The van der Waals surface area contributed by atoms with Crippen molar-refractivity contribution in [2.24, 2.45) is 5.73 Å². The molecule has 1 aromatic carbocycles. The average Bonchev–Trinajstić information content (AvgIpc) is 2.40. The molecule has 1 fully saturated rings. The summed E-state index contributed by atoms with van der Waals surface area (Å²) >= 11 is 0. The molecule has 0 aliphatic carbocycles. The highest BCUT2D eigenvalue weighted by Gasteiger charge is 2.30. The number of aryl methyl sites for hydroxylation is 1. The van der Waals surface area contributed by atoms with E-state index < -0.39 is 0 Å². The predicted molar refractivity (Wildman–Crippen MR) is 78.2 cm³/mol. The Balaban J connectivity index is 2.49. The first-order valence-electron chi connectivity index (χ1n) is 7.05. The number of carbonyl (C=O) groups excluding carboxylic acids is 1. The fourth-order valence-corrected chi connectivity index (χ4v) is 2.70. The number of rotatable bonds is 3. The van der Waals surface area contributed by atoms with Crippen LogP contribution in [0.1, 0.15) is 37.4 Å². The molecule has 5 heteroatoms. The SMILES string of the molecule is CCC1C(=O)NCCN1c1cc(C)c(F)cc1[C@@H](C)N. The normalized spacial score (nSPS) is 20.8. The second kappa shape index (κ2) is 5.79. The third-order valence-electron chi connectivity index (χ3n) is 3.83. The van der Waals surface area contributed by atoms with Gasteiger partial charge in [0.25, 0.3) is 0 Å². The molecule has 1 unspecified atom stereocenters. The number of hydrogen-bond acceptors (Lipinski definition) is 3. The molecule has 2 rings (SSSR count). The Bertz CT molecular complexity index is 516. The molecule has 1 aromatic rings. The topological polar surface area (TPSA) is 58.4 Å². The number of piperazine rings is 1. The zero-order valence-corrected chi connectivity index (χ0v) is 12.2. The summed E-state index contributed by atoms with van der Waals surface area (Å²) in [5.41, 5.74) is 8.17. The first kappa shape index (κ1) is 14.8. The maximum Gasteiger partial charge on any atom is 0.242 e. The van der Waals surface area contributed by atoms with Crippen LogP contribution in [0.5, 0.6) is 0 Å². The molecule has 110 valence electrons. The molecule has 1 aliphatic rings. The van der Waals surface area contributed by atoms with Crippen LogP contribution in [-0.2, 0) is 4.79 Å². The van der Waals surface area contributed by atoms with Crippen molar-refractivity contribution in [1.82, 2.24) is 5.32 Å². The molecule has 0 radical (unpaired) electrons. The third-order valence-corrected chi connectivity index (χ3v) is 3.83. The summed E-state index contributed by atoms with van der Waals surface area (Å²) in [7, 11) is 0. The van der Waals surface area contributed by atoms with E-state index in [-0.39, 0.29) is 23.8 Å². The number of nitrogens with two attached hydrogens (primary N) is 1. The van der Waals surface area contributed by atoms with Crippen LogP contribution in [0, 0.1) is 12.7 Å². The fraction of sp³-hybridized carbons (Fsp3) is 0.533. The Labute approximate surface area is 119 Å². The van der Waals surface area contributed by atoms with E-state index in [0.717, 1.165) is 17.8 Å². The van der Waals surface area contributed by atoms with Gasteiger partial charge in [-0.3, -0.25) is 4.79 Å². The number of halogens is 1. The van der Waals surface area contributed by atoms with Gasteiger partial charge in [-0.1, -0.05) is 6.92 Å². The van der Waals surface area contributed by atoms with E-state index in [0.29, 0.717) is 18.5 Å². The number of anilines is 1. The van der Waals surface area contributed by atoms with Gasteiger partial charge in [0.05, 0.1) is 0 Å². The maximum absolute atomic E-state index is 13.8. The molecule has 1 aliphatic heterocycles. The fourth-order valence-electron chi connectivity index (χ4n) is 2.70. The van der Waals surface area contributed by atoms with E-state index in [1.807, 2.05) is 18.7 Å². The summed E-state index contributed by atoms with van der Waals surface area (Å²) < 4.78 is 13.8. The molecule has 0 spiro atoms. The van der Waals surface area contributed by atoms with E-state index in [4.69, 9.17) is 5.73 Å². The molecular weight excluding hydrogens is 257 g/mol. The lowest BCUT2D eigenvalue weighted by Gasteiger charge is -2.38. The van der Waals surface area contributed by atoms with Gasteiger partial charge in [0.1, 0.15) is 11.9 Å². The van der Waals surface area contributed by atoms with E-state index in [1.54, 1.807) is 13.0 Å². The summed E-state index contributed by atoms with van der Waals surface area (Å²) in [5.74, 6) is -0.230. The predicted octanol–water partition coefficient (Wildman–Crippen LogP) is 1.87. The third kappa shape index (κ3) is 2.63. The minimum Gasteiger partial charge on any atom is -0.357 e. The molecule has 4 nitrogen and oxygen atoms in total. The molecule has 1 heterocycles. The van der Waals surface area contributed by atoms with Crippen molar-refractivity contribution in [3.8, 4) is 0 Å². The Hall–Kier alpha value is -1.62. The van der Waals surface area contributed by atoms with E-state index in [1.165, 1.54) is 6.07 Å². The number of benzene rings is 1. The van der Waals surface area contributed by atoms with E-state index in [2.05, 4.69) is 5.32 Å². The minimum absolute atomic E-state index is 0.0244. The summed E-state index contributed by atoms with van der Waals surface area (Å²) in [6.07, 6.45) is 0.709. The molecule has 20 heavy (non-hydrogen) atoms. The van der Waals surface area contributed by atoms with Crippen LogP contribution in [0.2, 0.25) is 0 Å². The van der Waals surface area contributed by atoms with Crippen molar-refractivity contribution in [2.75, 3.05) is 18.0 Å². The smallest absolute Gasteiger partial charge is 0.242 e. The van der Waals surface area contributed by atoms with Gasteiger partial charge >= 0.3 is 0 Å². The molecule has 2 atom stereocenters. The van der Waals surface area contributed by atoms with Crippen molar-refractivity contribution in [2.45, 2.75) is 39.3 Å². The van der Waals surface area contributed by atoms with Crippen LogP contribution >= 0.6 is 0 Å². The minimum atomic E-state index is -0.275. The Morgan fingerprint density at radius 3 is 2.85 bits per heavy atom. The highest BCUT2D eigenvalue weighted by molar-refractivity contribution is 5.87. The quantitative estimate of drug-likeness (QED) is 0.888. The second-order valence-electron chi connectivity index (χ2n) is 5.36. The van der Waals surface area contributed by atoms with Crippen LogP contribution in [-0.4, -0.2) is 25.0 Å². The zero-order chi connectivity index (χ0) is 14.9. The van der Waals surface area contributed by atoms with Gasteiger partial charge in [0.2, 0.25) is 5.91 Å². The van der Waals surface area contributed by atoms with Crippen LogP contribution in [0.4, 0.5) is 10.1 Å². The van der Waals surface area contributed by atoms with Crippen molar-refractivity contribution < 1.29 is 9.18 Å². The number of carbonyl (C=O) groups is 1. The van der Waals surface area contributed by atoms with Crippen molar-refractivity contribution in [3.05, 3.63) is 29.1 Å². The molecule has 1 saturated heterocycles. The largest absolute Gasteiger partial charge is 0.357 e. The number of amides is 1. The van der Waals surface area contributed by atoms with Crippen molar-refractivity contribution >= 4 is 11.6 Å². The first-order valence-corrected chi connectivity index (χ1v) is 7.05. The second-order valence-corrected chi connectivity index (χ2v) is 5.36. The van der Waals surface area contributed by atoms with E-state index >= 15 is 0 Å². The number of hydrogen-bond donors (Lipinski definition) is 2. The highest BCUT2D eigenvalue weighted by Crippen LogP contribution is 2.31. The van der Waals surface area contributed by atoms with Crippen molar-refractivity contribution in [3.63, 3.8) is 0 Å². The summed E-state index contributed by atoms with van der Waals surface area (Å²) in [6, 6.07) is 2.80. The van der Waals surface area contributed by atoms with Gasteiger partial charge in [0.15, 0.2) is 0 Å².